The van der Waals surface area contributed by atoms with Gasteiger partial charge in [0.25, 0.3) is 5.91 Å². The normalized spacial score (nSPS) is 19.9. The van der Waals surface area contributed by atoms with E-state index in [9.17, 15) is 9.90 Å². The molecule has 0 unspecified atom stereocenters. The Hall–Kier alpha value is -2.61. The molecular formula is C17H22N6O2. The Morgan fingerprint density at radius 1 is 1.32 bits per heavy atom. The molecule has 1 fully saturated rings. The van der Waals surface area contributed by atoms with Gasteiger partial charge in [-0.3, -0.25) is 9.78 Å². The minimum absolute atomic E-state index is 0.191. The lowest BCUT2D eigenvalue weighted by molar-refractivity contribution is 0.0263. The number of amides is 1. The van der Waals surface area contributed by atoms with Crippen molar-refractivity contribution in [3.8, 4) is 0 Å². The summed E-state index contributed by atoms with van der Waals surface area (Å²) in [5.74, 6) is 1.17. The number of hydrogen-bond donors (Lipinski definition) is 1. The van der Waals surface area contributed by atoms with Gasteiger partial charge < -0.3 is 14.9 Å². The van der Waals surface area contributed by atoms with Crippen molar-refractivity contribution in [1.82, 2.24) is 24.8 Å². The van der Waals surface area contributed by atoms with Crippen molar-refractivity contribution in [3.05, 3.63) is 41.9 Å². The lowest BCUT2D eigenvalue weighted by Crippen LogP contribution is -2.46. The lowest BCUT2D eigenvalue weighted by atomic mass is 10.0. The Morgan fingerprint density at radius 2 is 2.12 bits per heavy atom. The van der Waals surface area contributed by atoms with Crippen LogP contribution in [0.4, 0.5) is 5.82 Å². The highest BCUT2D eigenvalue weighted by molar-refractivity contribution is 5.94. The van der Waals surface area contributed by atoms with Gasteiger partial charge in [0.1, 0.15) is 17.2 Å². The molecule has 0 bridgehead atoms. The van der Waals surface area contributed by atoms with E-state index < -0.39 is 5.60 Å². The number of nitrogens with zero attached hydrogens (tertiary/aromatic N) is 6. The van der Waals surface area contributed by atoms with Crippen LogP contribution >= 0.6 is 0 Å². The van der Waals surface area contributed by atoms with Crippen molar-refractivity contribution in [2.45, 2.75) is 25.9 Å². The first-order chi connectivity index (χ1) is 11.9. The van der Waals surface area contributed by atoms with E-state index in [2.05, 4.69) is 19.9 Å². The number of aromatic nitrogens is 4. The summed E-state index contributed by atoms with van der Waals surface area (Å²) in [6.45, 7) is 4.88. The van der Waals surface area contributed by atoms with Crippen molar-refractivity contribution >= 4 is 11.7 Å². The molecule has 1 N–H and O–H groups in total. The van der Waals surface area contributed by atoms with Crippen molar-refractivity contribution in [3.63, 3.8) is 0 Å². The number of carbonyl (C=O) groups is 1. The first-order valence-electron chi connectivity index (χ1n) is 8.17. The molecule has 1 aliphatic rings. The van der Waals surface area contributed by atoms with Crippen LogP contribution < -0.4 is 4.90 Å². The Morgan fingerprint density at radius 3 is 2.80 bits per heavy atom. The zero-order valence-electron chi connectivity index (χ0n) is 14.7. The molecule has 132 valence electrons. The second-order valence-electron chi connectivity index (χ2n) is 6.54. The lowest BCUT2D eigenvalue weighted by Gasteiger charge is -2.29. The van der Waals surface area contributed by atoms with E-state index in [4.69, 9.17) is 0 Å². The third kappa shape index (κ3) is 3.74. The fourth-order valence-corrected chi connectivity index (χ4v) is 3.15. The zero-order valence-corrected chi connectivity index (χ0v) is 14.7. The number of aliphatic hydroxyl groups is 1. The summed E-state index contributed by atoms with van der Waals surface area (Å²) in [6.07, 6.45) is 7.02. The molecule has 0 spiro atoms. The average molecular weight is 342 g/mol. The predicted molar refractivity (Wildman–Crippen MR) is 92.3 cm³/mol. The van der Waals surface area contributed by atoms with E-state index in [1.807, 2.05) is 4.90 Å². The fraction of sp³-hybridized carbons (Fsp3) is 0.471. The first-order valence-corrected chi connectivity index (χ1v) is 8.17. The number of likely N-dealkylation sites (N-methyl/N-ethyl adjacent to an activating group) is 1. The molecule has 2 aromatic rings. The summed E-state index contributed by atoms with van der Waals surface area (Å²) >= 11 is 0. The third-order valence-electron chi connectivity index (χ3n) is 4.41. The molecule has 2 aromatic heterocycles. The van der Waals surface area contributed by atoms with Gasteiger partial charge in [0, 0.05) is 38.7 Å². The van der Waals surface area contributed by atoms with Crippen molar-refractivity contribution in [2.24, 2.45) is 0 Å². The Labute approximate surface area is 146 Å². The molecule has 0 aliphatic carbocycles. The molecule has 8 nitrogen and oxygen atoms in total. The summed E-state index contributed by atoms with van der Waals surface area (Å²) in [7, 11) is 1.69. The maximum Gasteiger partial charge on any atom is 0.257 e. The summed E-state index contributed by atoms with van der Waals surface area (Å²) in [5, 5.41) is 10.9. The first kappa shape index (κ1) is 17.2. The molecule has 25 heavy (non-hydrogen) atoms. The molecule has 0 aromatic carbocycles. The van der Waals surface area contributed by atoms with Crippen LogP contribution in [0.2, 0.25) is 0 Å². The Kier molecular flexibility index (Phi) is 4.63. The summed E-state index contributed by atoms with van der Waals surface area (Å²) in [5.41, 5.74) is 0.117. The molecule has 0 radical (unpaired) electrons. The molecule has 1 saturated heterocycles. The standard InChI is InChI=1S/C17H22N6O2/c1-12-14(8-20-13(2)21-12)16(24)22(3)10-17(25)4-7-23(11-17)15-9-18-5-6-19-15/h5-6,8-9,25H,4,7,10-11H2,1-3H3/t17-/m0/s1. The van der Waals surface area contributed by atoms with E-state index in [0.717, 1.165) is 5.82 Å². The highest BCUT2D eigenvalue weighted by atomic mass is 16.3. The van der Waals surface area contributed by atoms with Crippen LogP contribution in [0.5, 0.6) is 0 Å². The second-order valence-corrected chi connectivity index (χ2v) is 6.54. The topological polar surface area (TPSA) is 95.3 Å². The highest BCUT2D eigenvalue weighted by Gasteiger charge is 2.38. The van der Waals surface area contributed by atoms with Crippen LogP contribution in [0.3, 0.4) is 0 Å². The van der Waals surface area contributed by atoms with Crippen LogP contribution in [-0.2, 0) is 0 Å². The Bertz CT molecular complexity index is 769. The number of rotatable bonds is 4. The minimum Gasteiger partial charge on any atom is -0.386 e. The van der Waals surface area contributed by atoms with E-state index in [1.54, 1.807) is 45.7 Å². The van der Waals surface area contributed by atoms with Gasteiger partial charge in [-0.25, -0.2) is 15.0 Å². The average Bonchev–Trinajstić information content (AvgIpc) is 2.97. The van der Waals surface area contributed by atoms with Crippen LogP contribution in [0.1, 0.15) is 28.3 Å². The molecular weight excluding hydrogens is 320 g/mol. The van der Waals surface area contributed by atoms with Crippen LogP contribution in [0.25, 0.3) is 0 Å². The highest BCUT2D eigenvalue weighted by Crippen LogP contribution is 2.26. The van der Waals surface area contributed by atoms with Gasteiger partial charge in [-0.05, 0) is 20.3 Å². The summed E-state index contributed by atoms with van der Waals surface area (Å²) in [6, 6.07) is 0. The van der Waals surface area contributed by atoms with Gasteiger partial charge >= 0.3 is 0 Å². The van der Waals surface area contributed by atoms with Crippen LogP contribution in [0.15, 0.2) is 24.8 Å². The van der Waals surface area contributed by atoms with Crippen LogP contribution in [0, 0.1) is 13.8 Å². The van der Waals surface area contributed by atoms with Gasteiger partial charge in [-0.15, -0.1) is 0 Å². The van der Waals surface area contributed by atoms with E-state index in [-0.39, 0.29) is 12.5 Å². The number of aryl methyl sites for hydroxylation is 2. The number of anilines is 1. The van der Waals surface area contributed by atoms with Gasteiger partial charge in [0.15, 0.2) is 0 Å². The summed E-state index contributed by atoms with van der Waals surface area (Å²) < 4.78 is 0. The molecule has 3 heterocycles. The molecule has 1 amide bonds. The van der Waals surface area contributed by atoms with Crippen molar-refractivity contribution in [1.29, 1.82) is 0 Å². The van der Waals surface area contributed by atoms with Crippen molar-refractivity contribution in [2.75, 3.05) is 31.6 Å². The van der Waals surface area contributed by atoms with E-state index >= 15 is 0 Å². The van der Waals surface area contributed by atoms with E-state index in [1.165, 1.54) is 4.90 Å². The predicted octanol–water partition coefficient (Wildman–Crippen LogP) is 0.597. The molecule has 8 heteroatoms. The quantitative estimate of drug-likeness (QED) is 0.869. The Balaban J connectivity index is 1.68. The van der Waals surface area contributed by atoms with Crippen molar-refractivity contribution < 1.29 is 9.90 Å². The molecule has 1 atom stereocenters. The maximum absolute atomic E-state index is 12.7. The largest absolute Gasteiger partial charge is 0.386 e. The van der Waals surface area contributed by atoms with Gasteiger partial charge in [-0.2, -0.15) is 0 Å². The van der Waals surface area contributed by atoms with Crippen LogP contribution in [-0.4, -0.2) is 68.1 Å². The van der Waals surface area contributed by atoms with Gasteiger partial charge in [0.2, 0.25) is 0 Å². The van der Waals surface area contributed by atoms with E-state index in [0.29, 0.717) is 36.6 Å². The SMILES string of the molecule is Cc1ncc(C(=O)N(C)C[C@@]2(O)CCN(c3cnccn3)C2)c(C)n1. The second kappa shape index (κ2) is 6.72. The smallest absolute Gasteiger partial charge is 0.257 e. The number of carbonyl (C=O) groups excluding carboxylic acids is 1. The van der Waals surface area contributed by atoms with Gasteiger partial charge in [0.05, 0.1) is 24.0 Å². The minimum atomic E-state index is -0.985. The van der Waals surface area contributed by atoms with Gasteiger partial charge in [-0.1, -0.05) is 0 Å². The number of hydrogen-bond acceptors (Lipinski definition) is 7. The molecule has 3 rings (SSSR count). The molecule has 1 aliphatic heterocycles. The summed E-state index contributed by atoms with van der Waals surface area (Å²) in [4.78, 5) is 32.8. The third-order valence-corrected chi connectivity index (χ3v) is 4.41. The fourth-order valence-electron chi connectivity index (χ4n) is 3.15. The maximum atomic E-state index is 12.7. The zero-order chi connectivity index (χ0) is 18.0. The number of β-amino-alcohol motifs (C(OH)–C–C–N with tert-alkyl or cyclic N) is 1. The monoisotopic (exact) mass is 342 g/mol. The molecule has 0 saturated carbocycles.